The summed E-state index contributed by atoms with van der Waals surface area (Å²) in [6.45, 7) is 3.01. The van der Waals surface area contributed by atoms with Gasteiger partial charge in [0.2, 0.25) is 5.95 Å². The summed E-state index contributed by atoms with van der Waals surface area (Å²) < 4.78 is 1.49. The van der Waals surface area contributed by atoms with Crippen LogP contribution >= 0.6 is 23.2 Å². The second kappa shape index (κ2) is 9.06. The van der Waals surface area contributed by atoms with Crippen molar-refractivity contribution >= 4 is 52.6 Å². The van der Waals surface area contributed by atoms with Gasteiger partial charge in [0.1, 0.15) is 17.3 Å². The van der Waals surface area contributed by atoms with Crippen LogP contribution in [-0.2, 0) is 21.5 Å². The predicted octanol–water partition coefficient (Wildman–Crippen LogP) is 3.90. The minimum Gasteiger partial charge on any atom is -0.480 e. The van der Waals surface area contributed by atoms with E-state index in [2.05, 4.69) is 16.4 Å². The Labute approximate surface area is 210 Å². The molecule has 2 aromatic carbocycles. The molecule has 9 nitrogen and oxygen atoms in total. The number of carbonyl (C=O) groups is 3. The summed E-state index contributed by atoms with van der Waals surface area (Å²) in [4.78, 5) is 43.8. The number of halogens is 2. The highest BCUT2D eigenvalue weighted by Gasteiger charge is 2.51. The minimum atomic E-state index is -1.31. The van der Waals surface area contributed by atoms with Gasteiger partial charge >= 0.3 is 5.97 Å². The topological polar surface area (TPSA) is 128 Å². The van der Waals surface area contributed by atoms with Gasteiger partial charge in [-0.25, -0.2) is 9.88 Å². The predicted molar refractivity (Wildman–Crippen MR) is 129 cm³/mol. The second-order valence-electron chi connectivity index (χ2n) is 8.34. The minimum absolute atomic E-state index is 0.0215. The Kier molecular flexibility index (Phi) is 6.28. The van der Waals surface area contributed by atoms with E-state index < -0.39 is 23.5 Å². The molecule has 2 heterocycles. The van der Waals surface area contributed by atoms with E-state index in [4.69, 9.17) is 28.5 Å². The zero-order valence-corrected chi connectivity index (χ0v) is 20.1. The molecule has 11 heteroatoms. The molecule has 0 saturated heterocycles. The van der Waals surface area contributed by atoms with Gasteiger partial charge in [0.25, 0.3) is 11.8 Å². The standard InChI is InChI=1S/C24H19Cl2N5O4/c1-13(21(33)34)29-20(32)19-12-28-23-30(18-8-16(25)7-17(26)9-18)22(35)24(2,31(19)23)10-14-3-5-15(11-27)6-4-14/h3-9,12-13H,10H2,1-2H3,(H,29,32)(H,33,34)/t13-,24+/m0/s1. The fourth-order valence-electron chi connectivity index (χ4n) is 4.06. The smallest absolute Gasteiger partial charge is 0.325 e. The van der Waals surface area contributed by atoms with Crippen LogP contribution in [0.2, 0.25) is 10.0 Å². The summed E-state index contributed by atoms with van der Waals surface area (Å²) in [5.74, 6) is -2.11. The van der Waals surface area contributed by atoms with Crippen molar-refractivity contribution in [3.63, 3.8) is 0 Å². The summed E-state index contributed by atoms with van der Waals surface area (Å²) in [5, 5.41) is 21.3. The van der Waals surface area contributed by atoms with Crippen molar-refractivity contribution in [1.29, 1.82) is 5.26 Å². The van der Waals surface area contributed by atoms with Crippen molar-refractivity contribution in [1.82, 2.24) is 14.9 Å². The molecule has 1 aliphatic rings. The summed E-state index contributed by atoms with van der Waals surface area (Å²) in [7, 11) is 0. The molecule has 1 aromatic heterocycles. The maximum absolute atomic E-state index is 13.9. The third-order valence-electron chi connectivity index (χ3n) is 5.79. The largest absolute Gasteiger partial charge is 0.480 e. The van der Waals surface area contributed by atoms with E-state index in [0.29, 0.717) is 21.3 Å². The monoisotopic (exact) mass is 511 g/mol. The van der Waals surface area contributed by atoms with Gasteiger partial charge in [-0.2, -0.15) is 5.26 Å². The zero-order chi connectivity index (χ0) is 25.5. The number of aromatic nitrogens is 2. The van der Waals surface area contributed by atoms with Gasteiger partial charge in [0.15, 0.2) is 0 Å². The van der Waals surface area contributed by atoms with Crippen LogP contribution in [0.4, 0.5) is 11.6 Å². The highest BCUT2D eigenvalue weighted by Crippen LogP contribution is 2.43. The Morgan fingerprint density at radius 2 is 1.83 bits per heavy atom. The normalized spacial score (nSPS) is 17.6. The molecule has 0 fully saturated rings. The first-order valence-corrected chi connectivity index (χ1v) is 11.2. The first-order chi connectivity index (χ1) is 16.5. The lowest BCUT2D eigenvalue weighted by atomic mass is 9.91. The van der Waals surface area contributed by atoms with E-state index in [0.717, 1.165) is 5.56 Å². The molecule has 1 aliphatic heterocycles. The van der Waals surface area contributed by atoms with Crippen LogP contribution in [0, 0.1) is 11.3 Å². The van der Waals surface area contributed by atoms with Crippen LogP contribution in [-0.4, -0.2) is 38.5 Å². The quantitative estimate of drug-likeness (QED) is 0.516. The zero-order valence-electron chi connectivity index (χ0n) is 18.6. The lowest BCUT2D eigenvalue weighted by Gasteiger charge is -2.26. The number of carboxylic acids is 1. The third kappa shape index (κ3) is 4.34. The SMILES string of the molecule is C[C@H](NC(=O)c1cnc2n1[C@](C)(Cc1ccc(C#N)cc1)C(=O)N2c1cc(Cl)cc(Cl)c1)C(=O)O. The Bertz CT molecular complexity index is 1380. The van der Waals surface area contributed by atoms with Crippen LogP contribution in [0.3, 0.4) is 0 Å². The molecule has 0 radical (unpaired) electrons. The maximum atomic E-state index is 13.9. The van der Waals surface area contributed by atoms with Crippen LogP contribution < -0.4 is 10.2 Å². The highest BCUT2D eigenvalue weighted by atomic mass is 35.5. The molecule has 2 amide bonds. The first-order valence-electron chi connectivity index (χ1n) is 10.5. The molecule has 0 bridgehead atoms. The fourth-order valence-corrected chi connectivity index (χ4v) is 4.57. The van der Waals surface area contributed by atoms with Gasteiger partial charge in [0.05, 0.1) is 23.5 Å². The number of amides is 2. The Balaban J connectivity index is 1.85. The molecule has 0 unspecified atom stereocenters. The van der Waals surface area contributed by atoms with Crippen LogP contribution in [0.5, 0.6) is 0 Å². The summed E-state index contributed by atoms with van der Waals surface area (Å²) in [5.41, 5.74) is 0.295. The van der Waals surface area contributed by atoms with Crippen molar-refractivity contribution in [3.8, 4) is 6.07 Å². The molecular formula is C24H19Cl2N5O4. The number of rotatable bonds is 6. The van der Waals surface area contributed by atoms with Gasteiger partial charge in [-0.15, -0.1) is 0 Å². The highest BCUT2D eigenvalue weighted by molar-refractivity contribution is 6.35. The molecule has 0 saturated carbocycles. The lowest BCUT2D eigenvalue weighted by Crippen LogP contribution is -2.44. The number of fused-ring (bicyclic) bond motifs is 1. The third-order valence-corrected chi connectivity index (χ3v) is 6.22. The molecular weight excluding hydrogens is 493 g/mol. The number of nitriles is 1. The first kappa shape index (κ1) is 24.3. The second-order valence-corrected chi connectivity index (χ2v) is 9.21. The van der Waals surface area contributed by atoms with Gasteiger partial charge in [-0.3, -0.25) is 19.0 Å². The number of nitrogens with zero attached hydrogens (tertiary/aromatic N) is 4. The number of imidazole rings is 1. The summed E-state index contributed by atoms with van der Waals surface area (Å²) in [6.07, 6.45) is 1.46. The van der Waals surface area contributed by atoms with Crippen molar-refractivity contribution in [2.45, 2.75) is 31.8 Å². The Hall–Kier alpha value is -3.87. The van der Waals surface area contributed by atoms with Crippen LogP contribution in [0.15, 0.2) is 48.7 Å². The van der Waals surface area contributed by atoms with Crippen molar-refractivity contribution in [2.75, 3.05) is 4.90 Å². The van der Waals surface area contributed by atoms with Crippen molar-refractivity contribution < 1.29 is 19.5 Å². The number of benzene rings is 2. The van der Waals surface area contributed by atoms with Gasteiger partial charge in [-0.05, 0) is 49.7 Å². The number of carboxylic acid groups (broad SMARTS) is 1. The number of hydrogen-bond acceptors (Lipinski definition) is 5. The number of carbonyl (C=O) groups excluding carboxylic acids is 2. The van der Waals surface area contributed by atoms with E-state index in [1.807, 2.05) is 0 Å². The van der Waals surface area contributed by atoms with E-state index in [1.165, 1.54) is 28.7 Å². The molecule has 2 atom stereocenters. The van der Waals surface area contributed by atoms with Gasteiger partial charge < -0.3 is 10.4 Å². The molecule has 3 aromatic rings. The molecule has 0 spiro atoms. The molecule has 35 heavy (non-hydrogen) atoms. The van der Waals surface area contributed by atoms with Crippen LogP contribution in [0.1, 0.15) is 35.5 Å². The number of nitrogens with one attached hydrogen (secondary N) is 1. The lowest BCUT2D eigenvalue weighted by molar-refractivity contribution is -0.138. The number of hydrogen-bond donors (Lipinski definition) is 2. The maximum Gasteiger partial charge on any atom is 0.325 e. The molecule has 178 valence electrons. The van der Waals surface area contributed by atoms with Crippen molar-refractivity contribution in [2.24, 2.45) is 0 Å². The average molecular weight is 512 g/mol. The summed E-state index contributed by atoms with van der Waals surface area (Å²) >= 11 is 12.4. The molecule has 4 rings (SSSR count). The Morgan fingerprint density at radius 3 is 2.40 bits per heavy atom. The van der Waals surface area contributed by atoms with E-state index >= 15 is 0 Å². The van der Waals surface area contributed by atoms with E-state index in [9.17, 15) is 19.5 Å². The van der Waals surface area contributed by atoms with Gasteiger partial charge in [-0.1, -0.05) is 35.3 Å². The van der Waals surface area contributed by atoms with Crippen molar-refractivity contribution in [3.05, 3.63) is 75.5 Å². The molecule has 0 aliphatic carbocycles. The fraction of sp³-hybridized carbons (Fsp3) is 0.208. The summed E-state index contributed by atoms with van der Waals surface area (Å²) in [6, 6.07) is 12.3. The van der Waals surface area contributed by atoms with Gasteiger partial charge in [0, 0.05) is 16.5 Å². The number of anilines is 2. The Morgan fingerprint density at radius 1 is 1.20 bits per heavy atom. The van der Waals surface area contributed by atoms with E-state index in [-0.39, 0.29) is 24.0 Å². The average Bonchev–Trinajstić information content (AvgIpc) is 3.32. The number of aliphatic carboxylic acids is 1. The van der Waals surface area contributed by atoms with Crippen LogP contribution in [0.25, 0.3) is 0 Å². The molecule has 2 N–H and O–H groups in total. The van der Waals surface area contributed by atoms with E-state index in [1.54, 1.807) is 43.3 Å².